The van der Waals surface area contributed by atoms with E-state index in [4.69, 9.17) is 0 Å². The van der Waals surface area contributed by atoms with Crippen molar-refractivity contribution in [3.63, 3.8) is 0 Å². The molecule has 1 heterocycles. The molecule has 1 aliphatic heterocycles. The fourth-order valence-electron chi connectivity index (χ4n) is 2.42. The summed E-state index contributed by atoms with van der Waals surface area (Å²) in [7, 11) is -2.79. The molecule has 17 heavy (non-hydrogen) atoms. The van der Waals surface area contributed by atoms with Gasteiger partial charge in [0.25, 0.3) is 0 Å². The van der Waals surface area contributed by atoms with Gasteiger partial charge in [0.15, 0.2) is 0 Å². The Labute approximate surface area is 106 Å². The second-order valence-corrected chi connectivity index (χ2v) is 7.36. The molecule has 1 atom stereocenters. The molecule has 1 rings (SSSR count). The van der Waals surface area contributed by atoms with Crippen molar-refractivity contribution in [2.24, 2.45) is 5.92 Å². The van der Waals surface area contributed by atoms with Gasteiger partial charge in [0.05, 0.1) is 5.75 Å². The molecule has 102 valence electrons. The van der Waals surface area contributed by atoms with Gasteiger partial charge in [0.2, 0.25) is 0 Å². The van der Waals surface area contributed by atoms with Crippen molar-refractivity contribution < 1.29 is 8.42 Å². The maximum Gasteiger partial charge on any atom is 0.147 e. The minimum absolute atomic E-state index is 0.321. The van der Waals surface area contributed by atoms with Gasteiger partial charge < -0.3 is 10.2 Å². The number of sulfone groups is 1. The molecule has 0 aromatic heterocycles. The monoisotopic (exact) mass is 262 g/mol. The smallest absolute Gasteiger partial charge is 0.147 e. The van der Waals surface area contributed by atoms with Crippen molar-refractivity contribution in [3.05, 3.63) is 0 Å². The molecular weight excluding hydrogens is 236 g/mol. The molecule has 1 saturated heterocycles. The Morgan fingerprint density at radius 3 is 2.82 bits per heavy atom. The molecule has 1 fully saturated rings. The maximum atomic E-state index is 11.1. The van der Waals surface area contributed by atoms with Gasteiger partial charge in [0, 0.05) is 12.8 Å². The van der Waals surface area contributed by atoms with E-state index in [1.807, 2.05) is 0 Å². The topological polar surface area (TPSA) is 49.4 Å². The summed E-state index contributed by atoms with van der Waals surface area (Å²) in [4.78, 5) is 2.41. The first kappa shape index (κ1) is 14.9. The molecule has 0 spiro atoms. The van der Waals surface area contributed by atoms with Crippen molar-refractivity contribution in [1.82, 2.24) is 10.2 Å². The number of piperidine rings is 1. The van der Waals surface area contributed by atoms with E-state index >= 15 is 0 Å². The summed E-state index contributed by atoms with van der Waals surface area (Å²) in [6.07, 6.45) is 4.63. The van der Waals surface area contributed by atoms with Gasteiger partial charge in [-0.25, -0.2) is 8.42 Å². The summed E-state index contributed by atoms with van der Waals surface area (Å²) < 4.78 is 22.1. The van der Waals surface area contributed by atoms with Gasteiger partial charge in [0.1, 0.15) is 9.84 Å². The Bertz CT molecular complexity index is 304. The van der Waals surface area contributed by atoms with Crippen LogP contribution in [0.15, 0.2) is 0 Å². The third kappa shape index (κ3) is 7.01. The Hall–Kier alpha value is -0.130. The molecular formula is C12H26N2O2S. The van der Waals surface area contributed by atoms with E-state index in [2.05, 4.69) is 17.1 Å². The van der Waals surface area contributed by atoms with Crippen LogP contribution in [0.4, 0.5) is 0 Å². The van der Waals surface area contributed by atoms with E-state index in [1.54, 1.807) is 0 Å². The standard InChI is InChI=1S/C12H26N2O2S/c1-3-13-10-12-6-4-7-14(11-12)8-5-9-17(2,15)16/h12-13H,3-11H2,1-2H3. The van der Waals surface area contributed by atoms with E-state index in [0.717, 1.165) is 45.1 Å². The van der Waals surface area contributed by atoms with Crippen LogP contribution in [0.25, 0.3) is 0 Å². The van der Waals surface area contributed by atoms with E-state index in [0.29, 0.717) is 5.75 Å². The van der Waals surface area contributed by atoms with Crippen LogP contribution in [0.2, 0.25) is 0 Å². The largest absolute Gasteiger partial charge is 0.317 e. The van der Waals surface area contributed by atoms with E-state index < -0.39 is 9.84 Å². The fourth-order valence-corrected chi connectivity index (χ4v) is 3.07. The van der Waals surface area contributed by atoms with Crippen molar-refractivity contribution in [3.8, 4) is 0 Å². The molecule has 1 unspecified atom stereocenters. The molecule has 4 nitrogen and oxygen atoms in total. The first-order valence-electron chi connectivity index (χ1n) is 6.62. The highest BCUT2D eigenvalue weighted by Gasteiger charge is 2.19. The number of nitrogens with one attached hydrogen (secondary N) is 1. The molecule has 0 radical (unpaired) electrons. The molecule has 0 aromatic carbocycles. The third-order valence-corrected chi connectivity index (χ3v) is 4.31. The lowest BCUT2D eigenvalue weighted by molar-refractivity contribution is 0.173. The number of likely N-dealkylation sites (tertiary alicyclic amines) is 1. The fraction of sp³-hybridized carbons (Fsp3) is 1.00. The minimum Gasteiger partial charge on any atom is -0.317 e. The highest BCUT2D eigenvalue weighted by atomic mass is 32.2. The van der Waals surface area contributed by atoms with Gasteiger partial charge in [-0.05, 0) is 51.4 Å². The molecule has 1 aliphatic rings. The van der Waals surface area contributed by atoms with Crippen molar-refractivity contribution in [1.29, 1.82) is 0 Å². The zero-order valence-corrected chi connectivity index (χ0v) is 11.9. The van der Waals surface area contributed by atoms with Crippen LogP contribution in [0.5, 0.6) is 0 Å². The van der Waals surface area contributed by atoms with Crippen LogP contribution in [-0.2, 0) is 9.84 Å². The number of nitrogens with zero attached hydrogens (tertiary/aromatic N) is 1. The quantitative estimate of drug-likeness (QED) is 0.735. The predicted octanol–water partition coefficient (Wildman–Crippen LogP) is 0.743. The summed E-state index contributed by atoms with van der Waals surface area (Å²) >= 11 is 0. The summed E-state index contributed by atoms with van der Waals surface area (Å²) in [6.45, 7) is 7.44. The average Bonchev–Trinajstić information content (AvgIpc) is 2.25. The van der Waals surface area contributed by atoms with E-state index in [9.17, 15) is 8.42 Å². The molecule has 5 heteroatoms. The number of rotatable bonds is 7. The summed E-state index contributed by atoms with van der Waals surface area (Å²) in [5, 5.41) is 3.40. The van der Waals surface area contributed by atoms with Crippen LogP contribution < -0.4 is 5.32 Å². The lowest BCUT2D eigenvalue weighted by Gasteiger charge is -2.32. The van der Waals surface area contributed by atoms with Crippen LogP contribution in [-0.4, -0.2) is 58.1 Å². The van der Waals surface area contributed by atoms with Gasteiger partial charge in [-0.2, -0.15) is 0 Å². The lowest BCUT2D eigenvalue weighted by Crippen LogP contribution is -2.40. The zero-order valence-electron chi connectivity index (χ0n) is 11.1. The second kappa shape index (κ2) is 7.34. The Morgan fingerprint density at radius 1 is 1.41 bits per heavy atom. The van der Waals surface area contributed by atoms with Gasteiger partial charge in [-0.1, -0.05) is 6.92 Å². The molecule has 1 N–H and O–H groups in total. The second-order valence-electron chi connectivity index (χ2n) is 5.10. The van der Waals surface area contributed by atoms with Crippen LogP contribution in [0, 0.1) is 5.92 Å². The Balaban J connectivity index is 2.20. The molecule has 0 bridgehead atoms. The van der Waals surface area contributed by atoms with Gasteiger partial charge in [-0.15, -0.1) is 0 Å². The summed E-state index contributed by atoms with van der Waals surface area (Å²) in [5.74, 6) is 1.06. The van der Waals surface area contributed by atoms with Crippen LogP contribution >= 0.6 is 0 Å². The highest BCUT2D eigenvalue weighted by Crippen LogP contribution is 2.15. The third-order valence-electron chi connectivity index (χ3n) is 3.28. The molecule has 0 aliphatic carbocycles. The van der Waals surface area contributed by atoms with Crippen molar-refractivity contribution >= 4 is 9.84 Å². The van der Waals surface area contributed by atoms with Crippen molar-refractivity contribution in [2.75, 3.05) is 44.7 Å². The Kier molecular flexibility index (Phi) is 6.44. The minimum atomic E-state index is -2.79. The molecule has 0 saturated carbocycles. The number of hydrogen-bond acceptors (Lipinski definition) is 4. The molecule has 0 aromatic rings. The zero-order chi connectivity index (χ0) is 12.7. The summed E-state index contributed by atoms with van der Waals surface area (Å²) in [5.41, 5.74) is 0. The van der Waals surface area contributed by atoms with E-state index in [-0.39, 0.29) is 0 Å². The van der Waals surface area contributed by atoms with Crippen molar-refractivity contribution in [2.45, 2.75) is 26.2 Å². The Morgan fingerprint density at radius 2 is 2.18 bits per heavy atom. The van der Waals surface area contributed by atoms with Crippen LogP contribution in [0.3, 0.4) is 0 Å². The first-order chi connectivity index (χ1) is 8.01. The average molecular weight is 262 g/mol. The maximum absolute atomic E-state index is 11.1. The lowest BCUT2D eigenvalue weighted by atomic mass is 9.98. The van der Waals surface area contributed by atoms with Gasteiger partial charge >= 0.3 is 0 Å². The van der Waals surface area contributed by atoms with Crippen LogP contribution in [0.1, 0.15) is 26.2 Å². The van der Waals surface area contributed by atoms with E-state index in [1.165, 1.54) is 19.1 Å². The predicted molar refractivity (Wildman–Crippen MR) is 72.0 cm³/mol. The summed E-state index contributed by atoms with van der Waals surface area (Å²) in [6, 6.07) is 0. The molecule has 0 amide bonds. The highest BCUT2D eigenvalue weighted by molar-refractivity contribution is 7.90. The number of hydrogen-bond donors (Lipinski definition) is 1. The SMILES string of the molecule is CCNCC1CCCN(CCCS(C)(=O)=O)C1. The normalized spacial score (nSPS) is 22.8. The van der Waals surface area contributed by atoms with Gasteiger partial charge in [-0.3, -0.25) is 0 Å². The first-order valence-corrected chi connectivity index (χ1v) is 8.68.